The van der Waals surface area contributed by atoms with Crippen molar-refractivity contribution < 1.29 is 0 Å². The van der Waals surface area contributed by atoms with Crippen molar-refractivity contribution in [3.8, 4) is 0 Å². The quantitative estimate of drug-likeness (QED) is 0.624. The number of anilines is 1. The van der Waals surface area contributed by atoms with E-state index in [-0.39, 0.29) is 0 Å². The number of likely N-dealkylation sites (tertiary alicyclic amines) is 2. The minimum Gasteiger partial charge on any atom is -0.363 e. The molecule has 4 rings (SSSR count). The minimum atomic E-state index is 0.754. The second-order valence-corrected chi connectivity index (χ2v) is 8.56. The molecule has 1 atom stereocenters. The maximum absolute atomic E-state index is 4.77. The number of pyridine rings is 1. The van der Waals surface area contributed by atoms with E-state index in [4.69, 9.17) is 4.98 Å². The van der Waals surface area contributed by atoms with Gasteiger partial charge in [-0.3, -0.25) is 4.99 Å². The summed E-state index contributed by atoms with van der Waals surface area (Å²) in [6.07, 6.45) is 4.00. The van der Waals surface area contributed by atoms with Crippen molar-refractivity contribution in [2.24, 2.45) is 10.9 Å². The molecule has 0 aliphatic carbocycles. The molecule has 0 spiro atoms. The molecule has 0 saturated carbocycles. The number of aromatic nitrogens is 1. The highest BCUT2D eigenvalue weighted by atomic mass is 15.3. The molecule has 1 aromatic carbocycles. The van der Waals surface area contributed by atoms with E-state index in [1.54, 1.807) is 0 Å². The van der Waals surface area contributed by atoms with Crippen LogP contribution in [0.25, 0.3) is 10.9 Å². The van der Waals surface area contributed by atoms with Gasteiger partial charge in [-0.1, -0.05) is 18.2 Å². The monoisotopic (exact) mass is 394 g/mol. The van der Waals surface area contributed by atoms with Crippen LogP contribution in [0.15, 0.2) is 35.3 Å². The zero-order valence-electron chi connectivity index (χ0n) is 18.1. The second kappa shape index (κ2) is 8.99. The first-order valence-corrected chi connectivity index (χ1v) is 10.9. The largest absolute Gasteiger partial charge is 0.363 e. The number of fused-ring (bicyclic) bond motifs is 1. The van der Waals surface area contributed by atoms with E-state index in [0.29, 0.717) is 0 Å². The number of benzene rings is 1. The lowest BCUT2D eigenvalue weighted by Crippen LogP contribution is -2.40. The maximum Gasteiger partial charge on any atom is 0.193 e. The molecule has 6 nitrogen and oxygen atoms in total. The topological polar surface area (TPSA) is 47.0 Å². The molecule has 2 aliphatic rings. The number of nitrogens with one attached hydrogen (secondary N) is 1. The fourth-order valence-corrected chi connectivity index (χ4v) is 4.62. The molecule has 0 radical (unpaired) electrons. The Labute approximate surface area is 174 Å². The number of hydrogen-bond acceptors (Lipinski definition) is 4. The fourth-order valence-electron chi connectivity index (χ4n) is 4.62. The smallest absolute Gasteiger partial charge is 0.193 e. The highest BCUT2D eigenvalue weighted by Gasteiger charge is 2.27. The fraction of sp³-hybridized carbons (Fsp3) is 0.565. The first-order chi connectivity index (χ1) is 14.1. The number of para-hydroxylation sites is 1. The van der Waals surface area contributed by atoms with Crippen molar-refractivity contribution in [1.29, 1.82) is 0 Å². The Hall–Kier alpha value is -2.34. The number of nitrogens with zero attached hydrogens (tertiary/aromatic N) is 5. The molecule has 2 fully saturated rings. The van der Waals surface area contributed by atoms with Crippen LogP contribution >= 0.6 is 0 Å². The van der Waals surface area contributed by atoms with Crippen LogP contribution in [0.2, 0.25) is 0 Å². The van der Waals surface area contributed by atoms with Crippen LogP contribution in [0.4, 0.5) is 5.82 Å². The molecular weight excluding hydrogens is 360 g/mol. The van der Waals surface area contributed by atoms with Gasteiger partial charge in [-0.15, -0.1) is 0 Å². The first kappa shape index (κ1) is 20.0. The van der Waals surface area contributed by atoms with Crippen LogP contribution in [-0.4, -0.2) is 74.6 Å². The van der Waals surface area contributed by atoms with Crippen LogP contribution in [0.1, 0.15) is 24.8 Å². The highest BCUT2D eigenvalue weighted by Crippen LogP contribution is 2.23. The van der Waals surface area contributed by atoms with E-state index in [2.05, 4.69) is 55.3 Å². The normalized spacial score (nSPS) is 20.6. The molecule has 1 N–H and O–H groups in total. The number of aliphatic imine (C=N–C) groups is 1. The predicted octanol–water partition coefficient (Wildman–Crippen LogP) is 2.79. The van der Waals surface area contributed by atoms with Crippen molar-refractivity contribution in [3.63, 3.8) is 0 Å². The number of guanidine groups is 1. The van der Waals surface area contributed by atoms with Gasteiger partial charge in [-0.05, 0) is 56.0 Å². The summed E-state index contributed by atoms with van der Waals surface area (Å²) in [7, 11) is 5.97. The third kappa shape index (κ3) is 4.64. The Balaban J connectivity index is 1.42. The summed E-state index contributed by atoms with van der Waals surface area (Å²) >= 11 is 0. The summed E-state index contributed by atoms with van der Waals surface area (Å²) in [5, 5.41) is 4.82. The lowest BCUT2D eigenvalue weighted by molar-refractivity contribution is 0.281. The number of rotatable bonds is 5. The third-order valence-electron chi connectivity index (χ3n) is 6.20. The molecule has 3 heterocycles. The summed E-state index contributed by atoms with van der Waals surface area (Å²) in [6.45, 7) is 6.77. The van der Waals surface area contributed by atoms with Crippen LogP contribution < -0.4 is 10.2 Å². The van der Waals surface area contributed by atoms with E-state index in [0.717, 1.165) is 42.8 Å². The van der Waals surface area contributed by atoms with Crippen molar-refractivity contribution in [2.75, 3.05) is 58.8 Å². The lowest BCUT2D eigenvalue weighted by Gasteiger charge is -2.24. The molecule has 156 valence electrons. The molecule has 2 aromatic rings. The summed E-state index contributed by atoms with van der Waals surface area (Å²) < 4.78 is 0. The van der Waals surface area contributed by atoms with E-state index in [1.165, 1.54) is 49.8 Å². The minimum absolute atomic E-state index is 0.754. The van der Waals surface area contributed by atoms with Gasteiger partial charge in [0.1, 0.15) is 5.82 Å². The lowest BCUT2D eigenvalue weighted by atomic mass is 10.1. The van der Waals surface area contributed by atoms with Gasteiger partial charge in [0.15, 0.2) is 5.96 Å². The predicted molar refractivity (Wildman–Crippen MR) is 122 cm³/mol. The SMILES string of the molecule is CN=C(NCc1cc(N(C)C)nc2ccccc12)N1CCC(CN2CCCC2)C1. The molecule has 6 heteroatoms. The van der Waals surface area contributed by atoms with Crippen LogP contribution in [-0.2, 0) is 6.54 Å². The van der Waals surface area contributed by atoms with Crippen molar-refractivity contribution >= 4 is 22.7 Å². The summed E-state index contributed by atoms with van der Waals surface area (Å²) in [5.41, 5.74) is 2.30. The third-order valence-corrected chi connectivity index (χ3v) is 6.20. The van der Waals surface area contributed by atoms with E-state index < -0.39 is 0 Å². The van der Waals surface area contributed by atoms with Crippen molar-refractivity contribution in [1.82, 2.24) is 20.1 Å². The Morgan fingerprint density at radius 3 is 2.76 bits per heavy atom. The van der Waals surface area contributed by atoms with E-state index in [1.807, 2.05) is 21.1 Å². The molecule has 2 aliphatic heterocycles. The van der Waals surface area contributed by atoms with Gasteiger partial charge in [0, 0.05) is 52.7 Å². The van der Waals surface area contributed by atoms with Gasteiger partial charge in [0.05, 0.1) is 5.52 Å². The molecule has 0 bridgehead atoms. The summed E-state index contributed by atoms with van der Waals surface area (Å²) in [6, 6.07) is 10.6. The van der Waals surface area contributed by atoms with Gasteiger partial charge >= 0.3 is 0 Å². The van der Waals surface area contributed by atoms with Crippen LogP contribution in [0.5, 0.6) is 0 Å². The first-order valence-electron chi connectivity index (χ1n) is 10.9. The molecule has 1 unspecified atom stereocenters. The standard InChI is InChI=1S/C23H34N6/c1-24-23(29-13-10-18(17-29)16-28-11-6-7-12-28)25-15-19-14-22(27(2)3)26-21-9-5-4-8-20(19)21/h4-5,8-9,14,18H,6-7,10-13,15-17H2,1-3H3,(H,24,25). The maximum atomic E-state index is 4.77. The average molecular weight is 395 g/mol. The molecular formula is C23H34N6. The van der Waals surface area contributed by atoms with E-state index >= 15 is 0 Å². The Bertz CT molecular complexity index is 856. The van der Waals surface area contributed by atoms with Gasteiger partial charge in [0.25, 0.3) is 0 Å². The summed E-state index contributed by atoms with van der Waals surface area (Å²) in [4.78, 5) is 16.5. The zero-order valence-corrected chi connectivity index (χ0v) is 18.1. The molecule has 29 heavy (non-hydrogen) atoms. The van der Waals surface area contributed by atoms with Crippen LogP contribution in [0.3, 0.4) is 0 Å². The molecule has 0 amide bonds. The molecule has 2 saturated heterocycles. The average Bonchev–Trinajstić information content (AvgIpc) is 3.41. The zero-order chi connectivity index (χ0) is 20.2. The van der Waals surface area contributed by atoms with Gasteiger partial charge in [-0.2, -0.15) is 0 Å². The Morgan fingerprint density at radius 1 is 1.21 bits per heavy atom. The van der Waals surface area contributed by atoms with E-state index in [9.17, 15) is 0 Å². The van der Waals surface area contributed by atoms with Gasteiger partial charge < -0.3 is 20.0 Å². The Morgan fingerprint density at radius 2 is 2.00 bits per heavy atom. The van der Waals surface area contributed by atoms with Crippen molar-refractivity contribution in [3.05, 3.63) is 35.9 Å². The second-order valence-electron chi connectivity index (χ2n) is 8.56. The Kier molecular flexibility index (Phi) is 6.19. The van der Waals surface area contributed by atoms with Gasteiger partial charge in [-0.25, -0.2) is 4.98 Å². The summed E-state index contributed by atoms with van der Waals surface area (Å²) in [5.74, 6) is 2.76. The molecule has 1 aromatic heterocycles. The number of hydrogen-bond donors (Lipinski definition) is 1. The van der Waals surface area contributed by atoms with Crippen molar-refractivity contribution in [2.45, 2.75) is 25.8 Å². The van der Waals surface area contributed by atoms with Crippen LogP contribution in [0, 0.1) is 5.92 Å². The highest BCUT2D eigenvalue weighted by molar-refractivity contribution is 5.85. The van der Waals surface area contributed by atoms with Gasteiger partial charge in [0.2, 0.25) is 0 Å².